The van der Waals surface area contributed by atoms with Gasteiger partial charge in [0, 0.05) is 24.4 Å². The van der Waals surface area contributed by atoms with Crippen molar-refractivity contribution in [2.75, 3.05) is 32.6 Å². The molecular formula is C12H19N3O2S. The first-order chi connectivity index (χ1) is 8.67. The molecular weight excluding hydrogens is 250 g/mol. The lowest BCUT2D eigenvalue weighted by Gasteiger charge is -2.11. The molecule has 1 aliphatic heterocycles. The lowest BCUT2D eigenvalue weighted by Crippen LogP contribution is -2.23. The number of methoxy groups -OCH3 is 1. The van der Waals surface area contributed by atoms with Crippen LogP contribution in [0.2, 0.25) is 0 Å². The molecule has 1 saturated heterocycles. The van der Waals surface area contributed by atoms with Crippen molar-refractivity contribution in [2.24, 2.45) is 0 Å². The zero-order valence-electron chi connectivity index (χ0n) is 10.8. The standard InChI is InChI=1S/C12H19N3O2S/c1-15-6-5-9(7-15)13-12-14-10(8-18-12)3-4-11(16)17-2/h8-9H,3-7H2,1-2H3,(H,13,14). The molecule has 0 radical (unpaired) electrons. The fraction of sp³-hybridized carbons (Fsp3) is 0.667. The predicted octanol–water partition coefficient (Wildman–Crippen LogP) is 1.36. The molecule has 2 heterocycles. The number of ether oxygens (including phenoxy) is 1. The third-order valence-corrected chi connectivity index (χ3v) is 3.91. The number of anilines is 1. The zero-order valence-corrected chi connectivity index (χ0v) is 11.6. The van der Waals surface area contributed by atoms with Gasteiger partial charge in [0.2, 0.25) is 0 Å². The summed E-state index contributed by atoms with van der Waals surface area (Å²) in [6.45, 7) is 2.20. The third-order valence-electron chi connectivity index (χ3n) is 3.08. The minimum Gasteiger partial charge on any atom is -0.469 e. The maximum absolute atomic E-state index is 11.0. The van der Waals surface area contributed by atoms with Crippen LogP contribution in [-0.2, 0) is 16.0 Å². The molecule has 1 aromatic rings. The number of likely N-dealkylation sites (N-methyl/N-ethyl adjacent to an activating group) is 1. The summed E-state index contributed by atoms with van der Waals surface area (Å²) in [5.41, 5.74) is 0.958. The second-order valence-electron chi connectivity index (χ2n) is 4.61. The molecule has 6 heteroatoms. The summed E-state index contributed by atoms with van der Waals surface area (Å²) in [4.78, 5) is 17.8. The van der Waals surface area contributed by atoms with E-state index in [1.807, 2.05) is 5.38 Å². The first-order valence-corrected chi connectivity index (χ1v) is 7.01. The van der Waals surface area contributed by atoms with Crippen LogP contribution >= 0.6 is 11.3 Å². The number of nitrogens with zero attached hydrogens (tertiary/aromatic N) is 2. The van der Waals surface area contributed by atoms with Gasteiger partial charge >= 0.3 is 5.97 Å². The van der Waals surface area contributed by atoms with Gasteiger partial charge in [-0.1, -0.05) is 0 Å². The Bertz CT molecular complexity index is 408. The Morgan fingerprint density at radius 3 is 3.22 bits per heavy atom. The van der Waals surface area contributed by atoms with Crippen LogP contribution in [-0.4, -0.2) is 49.1 Å². The van der Waals surface area contributed by atoms with E-state index in [0.29, 0.717) is 18.9 Å². The number of esters is 1. The van der Waals surface area contributed by atoms with Gasteiger partial charge in [0.15, 0.2) is 5.13 Å². The van der Waals surface area contributed by atoms with E-state index in [2.05, 4.69) is 27.0 Å². The number of carbonyl (C=O) groups is 1. The second kappa shape index (κ2) is 6.15. The number of aromatic nitrogens is 1. The number of carbonyl (C=O) groups excluding carboxylic acids is 1. The summed E-state index contributed by atoms with van der Waals surface area (Å²) in [6, 6.07) is 0.495. The van der Waals surface area contributed by atoms with E-state index in [-0.39, 0.29) is 5.97 Å². The van der Waals surface area contributed by atoms with Crippen molar-refractivity contribution in [3.05, 3.63) is 11.1 Å². The second-order valence-corrected chi connectivity index (χ2v) is 5.47. The highest BCUT2D eigenvalue weighted by Gasteiger charge is 2.19. The maximum Gasteiger partial charge on any atom is 0.305 e. The van der Waals surface area contributed by atoms with E-state index in [4.69, 9.17) is 0 Å². The van der Waals surface area contributed by atoms with Crippen molar-refractivity contribution in [1.82, 2.24) is 9.88 Å². The molecule has 100 valence electrons. The van der Waals surface area contributed by atoms with Gasteiger partial charge in [-0.25, -0.2) is 4.98 Å². The summed E-state index contributed by atoms with van der Waals surface area (Å²) in [5.74, 6) is -0.185. The monoisotopic (exact) mass is 269 g/mol. The van der Waals surface area contributed by atoms with E-state index in [1.165, 1.54) is 7.11 Å². The quantitative estimate of drug-likeness (QED) is 0.818. The summed E-state index contributed by atoms with van der Waals surface area (Å²) >= 11 is 1.60. The van der Waals surface area contributed by atoms with Crippen molar-refractivity contribution in [2.45, 2.75) is 25.3 Å². The van der Waals surface area contributed by atoms with E-state index in [1.54, 1.807) is 11.3 Å². The van der Waals surface area contributed by atoms with E-state index in [0.717, 1.165) is 30.3 Å². The molecule has 0 aliphatic carbocycles. The van der Waals surface area contributed by atoms with Gasteiger partial charge in [0.25, 0.3) is 0 Å². The normalized spacial score (nSPS) is 20.0. The van der Waals surface area contributed by atoms with Crippen molar-refractivity contribution >= 4 is 22.4 Å². The Hall–Kier alpha value is -1.14. The molecule has 5 nitrogen and oxygen atoms in total. The largest absolute Gasteiger partial charge is 0.469 e. The average Bonchev–Trinajstić information content (AvgIpc) is 2.96. The molecule has 1 atom stereocenters. The Labute approximate surface area is 111 Å². The minimum atomic E-state index is -0.185. The van der Waals surface area contributed by atoms with Crippen LogP contribution < -0.4 is 5.32 Å². The smallest absolute Gasteiger partial charge is 0.305 e. The molecule has 0 amide bonds. The highest BCUT2D eigenvalue weighted by molar-refractivity contribution is 7.13. The molecule has 1 aromatic heterocycles. The summed E-state index contributed by atoms with van der Waals surface area (Å²) in [5, 5.41) is 6.40. The molecule has 1 unspecified atom stereocenters. The molecule has 1 fully saturated rings. The molecule has 0 saturated carbocycles. The van der Waals surface area contributed by atoms with Crippen LogP contribution in [0.25, 0.3) is 0 Å². The van der Waals surface area contributed by atoms with Crippen molar-refractivity contribution < 1.29 is 9.53 Å². The van der Waals surface area contributed by atoms with Crippen molar-refractivity contribution in [3.63, 3.8) is 0 Å². The SMILES string of the molecule is COC(=O)CCc1csc(NC2CCN(C)C2)n1. The van der Waals surface area contributed by atoms with Crippen LogP contribution in [0.1, 0.15) is 18.5 Å². The van der Waals surface area contributed by atoms with Crippen LogP contribution in [0.3, 0.4) is 0 Å². The van der Waals surface area contributed by atoms with Gasteiger partial charge in [0.1, 0.15) is 0 Å². The number of rotatable bonds is 5. The highest BCUT2D eigenvalue weighted by atomic mass is 32.1. The zero-order chi connectivity index (χ0) is 13.0. The van der Waals surface area contributed by atoms with E-state index >= 15 is 0 Å². The van der Waals surface area contributed by atoms with Crippen molar-refractivity contribution in [1.29, 1.82) is 0 Å². The Morgan fingerprint density at radius 2 is 2.56 bits per heavy atom. The van der Waals surface area contributed by atoms with Gasteiger partial charge in [0.05, 0.1) is 19.2 Å². The van der Waals surface area contributed by atoms with Crippen LogP contribution in [0.5, 0.6) is 0 Å². The Morgan fingerprint density at radius 1 is 1.72 bits per heavy atom. The van der Waals surface area contributed by atoms with Crippen LogP contribution in [0.4, 0.5) is 5.13 Å². The molecule has 0 bridgehead atoms. The molecule has 0 aromatic carbocycles. The fourth-order valence-electron chi connectivity index (χ4n) is 2.05. The number of aryl methyl sites for hydroxylation is 1. The lowest BCUT2D eigenvalue weighted by atomic mass is 10.2. The molecule has 2 rings (SSSR count). The first-order valence-electron chi connectivity index (χ1n) is 6.13. The fourth-order valence-corrected chi connectivity index (χ4v) is 2.87. The first kappa shape index (κ1) is 13.3. The average molecular weight is 269 g/mol. The summed E-state index contributed by atoms with van der Waals surface area (Å²) in [7, 11) is 3.54. The predicted molar refractivity (Wildman–Crippen MR) is 72.0 cm³/mol. The number of hydrogen-bond donors (Lipinski definition) is 1. The lowest BCUT2D eigenvalue weighted by molar-refractivity contribution is -0.140. The van der Waals surface area contributed by atoms with Crippen LogP contribution in [0, 0.1) is 0 Å². The summed E-state index contributed by atoms with van der Waals surface area (Å²) in [6.07, 6.45) is 2.20. The molecule has 1 N–H and O–H groups in total. The Kier molecular flexibility index (Phi) is 4.54. The van der Waals surface area contributed by atoms with Gasteiger partial charge < -0.3 is 15.0 Å². The Balaban J connectivity index is 1.80. The van der Waals surface area contributed by atoms with Crippen LogP contribution in [0.15, 0.2) is 5.38 Å². The summed E-state index contributed by atoms with van der Waals surface area (Å²) < 4.78 is 4.61. The minimum absolute atomic E-state index is 0.185. The van der Waals surface area contributed by atoms with Crippen molar-refractivity contribution in [3.8, 4) is 0 Å². The third kappa shape index (κ3) is 3.68. The number of hydrogen-bond acceptors (Lipinski definition) is 6. The number of nitrogens with one attached hydrogen (secondary N) is 1. The van der Waals surface area contributed by atoms with Gasteiger partial charge in [-0.3, -0.25) is 4.79 Å². The number of thiazole rings is 1. The number of likely N-dealkylation sites (tertiary alicyclic amines) is 1. The molecule has 1 aliphatic rings. The van der Waals surface area contributed by atoms with E-state index < -0.39 is 0 Å². The van der Waals surface area contributed by atoms with Gasteiger partial charge in [-0.15, -0.1) is 11.3 Å². The molecule has 18 heavy (non-hydrogen) atoms. The maximum atomic E-state index is 11.0. The highest BCUT2D eigenvalue weighted by Crippen LogP contribution is 2.20. The topological polar surface area (TPSA) is 54.5 Å². The van der Waals surface area contributed by atoms with Gasteiger partial charge in [-0.05, 0) is 20.0 Å². The van der Waals surface area contributed by atoms with Gasteiger partial charge in [-0.2, -0.15) is 0 Å². The van der Waals surface area contributed by atoms with E-state index in [9.17, 15) is 4.79 Å². The molecule has 0 spiro atoms.